The zero-order chi connectivity index (χ0) is 13.3. The lowest BCUT2D eigenvalue weighted by atomic mass is 9.92. The third kappa shape index (κ3) is 4.58. The summed E-state index contributed by atoms with van der Waals surface area (Å²) in [5.74, 6) is 0.0831. The zero-order valence-corrected chi connectivity index (χ0v) is 9.98. The number of rotatable bonds is 2. The van der Waals surface area contributed by atoms with Gasteiger partial charge in [-0.05, 0) is 0 Å². The van der Waals surface area contributed by atoms with Crippen molar-refractivity contribution in [3.8, 4) is 0 Å². The van der Waals surface area contributed by atoms with Gasteiger partial charge in [-0.3, -0.25) is 4.79 Å². The fourth-order valence-electron chi connectivity index (χ4n) is 1.27. The maximum absolute atomic E-state index is 12.1. The van der Waals surface area contributed by atoms with Crippen LogP contribution in [0, 0.1) is 0 Å². The number of halogens is 3. The van der Waals surface area contributed by atoms with Gasteiger partial charge in [0.25, 0.3) is 5.56 Å². The molecule has 3 nitrogen and oxygen atoms in total. The van der Waals surface area contributed by atoms with Crippen molar-refractivity contribution in [3.05, 3.63) is 27.9 Å². The fourth-order valence-corrected chi connectivity index (χ4v) is 1.27. The number of aryl methyl sites for hydroxylation is 1. The average Bonchev–Trinajstić information content (AvgIpc) is 2.11. The Morgan fingerprint density at radius 2 is 1.88 bits per heavy atom. The molecule has 1 aromatic heterocycles. The number of aromatic nitrogens is 2. The lowest BCUT2D eigenvalue weighted by Crippen LogP contribution is -2.22. The van der Waals surface area contributed by atoms with Gasteiger partial charge >= 0.3 is 6.18 Å². The summed E-state index contributed by atoms with van der Waals surface area (Å²) >= 11 is 0. The highest BCUT2D eigenvalue weighted by molar-refractivity contribution is 5.12. The summed E-state index contributed by atoms with van der Waals surface area (Å²) in [7, 11) is 0. The zero-order valence-electron chi connectivity index (χ0n) is 9.98. The molecule has 0 saturated heterocycles. The molecule has 1 N–H and O–H groups in total. The van der Waals surface area contributed by atoms with E-state index in [2.05, 4.69) is 9.97 Å². The maximum atomic E-state index is 12.1. The van der Waals surface area contributed by atoms with Gasteiger partial charge in [-0.25, -0.2) is 4.98 Å². The van der Waals surface area contributed by atoms with Gasteiger partial charge in [0.1, 0.15) is 5.82 Å². The Hall–Kier alpha value is -1.33. The summed E-state index contributed by atoms with van der Waals surface area (Å²) in [6.45, 7) is 5.55. The Labute approximate surface area is 97.1 Å². The molecule has 0 atom stereocenters. The predicted octanol–water partition coefficient (Wildman–Crippen LogP) is 2.56. The largest absolute Gasteiger partial charge is 0.389 e. The van der Waals surface area contributed by atoms with Gasteiger partial charge in [0.2, 0.25) is 0 Å². The van der Waals surface area contributed by atoms with Gasteiger partial charge < -0.3 is 4.98 Å². The molecular formula is C11H15F3N2O. The van der Waals surface area contributed by atoms with E-state index < -0.39 is 18.2 Å². The van der Waals surface area contributed by atoms with Crippen LogP contribution in [0.25, 0.3) is 0 Å². The third-order valence-electron chi connectivity index (χ3n) is 2.20. The number of nitrogens with one attached hydrogen (secondary N) is 1. The minimum atomic E-state index is -4.24. The van der Waals surface area contributed by atoms with Crippen LogP contribution in [-0.4, -0.2) is 16.1 Å². The molecule has 0 aliphatic heterocycles. The predicted molar refractivity (Wildman–Crippen MR) is 57.9 cm³/mol. The monoisotopic (exact) mass is 248 g/mol. The minimum Gasteiger partial charge on any atom is -0.311 e. The van der Waals surface area contributed by atoms with Gasteiger partial charge in [-0.1, -0.05) is 20.8 Å². The van der Waals surface area contributed by atoms with Crippen molar-refractivity contribution in [2.75, 3.05) is 0 Å². The second-order valence-electron chi connectivity index (χ2n) is 4.94. The molecule has 96 valence electrons. The Bertz CT molecular complexity index is 443. The average molecular weight is 248 g/mol. The van der Waals surface area contributed by atoms with Gasteiger partial charge in [-0.2, -0.15) is 13.2 Å². The molecule has 0 bridgehead atoms. The van der Waals surface area contributed by atoms with Crippen LogP contribution in [0.15, 0.2) is 10.9 Å². The van der Waals surface area contributed by atoms with Crippen LogP contribution < -0.4 is 5.56 Å². The Morgan fingerprint density at radius 3 is 2.35 bits per heavy atom. The number of aromatic amines is 1. The standard InChI is InChI=1S/C11H15F3N2O/c1-10(2,3)7-6-9(17)16-8(15-7)4-5-11(12,13)14/h6H,4-5H2,1-3H3,(H,15,16,17). The number of H-pyrrole nitrogens is 1. The lowest BCUT2D eigenvalue weighted by molar-refractivity contribution is -0.134. The van der Waals surface area contributed by atoms with Crippen molar-refractivity contribution in [1.29, 1.82) is 0 Å². The number of nitrogens with zero attached hydrogens (tertiary/aromatic N) is 1. The normalized spacial score (nSPS) is 12.8. The highest BCUT2D eigenvalue weighted by Crippen LogP contribution is 2.22. The second kappa shape index (κ2) is 4.50. The first-order valence-electron chi connectivity index (χ1n) is 5.25. The van der Waals surface area contributed by atoms with Crippen LogP contribution in [0.4, 0.5) is 13.2 Å². The molecule has 1 rings (SSSR count). The Morgan fingerprint density at radius 1 is 1.29 bits per heavy atom. The molecule has 1 heterocycles. The summed E-state index contributed by atoms with van der Waals surface area (Å²) in [5, 5.41) is 0. The summed E-state index contributed by atoms with van der Waals surface area (Å²) in [4.78, 5) is 17.7. The van der Waals surface area contributed by atoms with E-state index in [1.165, 1.54) is 6.07 Å². The molecule has 0 fully saturated rings. The van der Waals surface area contributed by atoms with E-state index >= 15 is 0 Å². The number of hydrogen-bond donors (Lipinski definition) is 1. The van der Waals surface area contributed by atoms with Crippen LogP contribution in [-0.2, 0) is 11.8 Å². The van der Waals surface area contributed by atoms with E-state index in [0.29, 0.717) is 5.69 Å². The highest BCUT2D eigenvalue weighted by Gasteiger charge is 2.27. The van der Waals surface area contributed by atoms with Crippen LogP contribution in [0.5, 0.6) is 0 Å². The molecule has 0 aliphatic rings. The SMILES string of the molecule is CC(C)(C)c1cc(=O)[nH]c(CCC(F)(F)F)n1. The molecule has 0 spiro atoms. The first kappa shape index (κ1) is 13.7. The second-order valence-corrected chi connectivity index (χ2v) is 4.94. The summed E-state index contributed by atoms with van der Waals surface area (Å²) in [6.07, 6.45) is -5.53. The molecule has 0 radical (unpaired) electrons. The molecule has 1 aromatic rings. The van der Waals surface area contributed by atoms with E-state index in [4.69, 9.17) is 0 Å². The first-order chi connectivity index (χ1) is 7.58. The first-order valence-corrected chi connectivity index (χ1v) is 5.25. The van der Waals surface area contributed by atoms with E-state index in [9.17, 15) is 18.0 Å². The van der Waals surface area contributed by atoms with Crippen molar-refractivity contribution >= 4 is 0 Å². The van der Waals surface area contributed by atoms with Crippen molar-refractivity contribution in [3.63, 3.8) is 0 Å². The topological polar surface area (TPSA) is 45.8 Å². The minimum absolute atomic E-state index is 0.0831. The molecule has 6 heteroatoms. The van der Waals surface area contributed by atoms with E-state index in [-0.39, 0.29) is 17.7 Å². The van der Waals surface area contributed by atoms with E-state index in [1.807, 2.05) is 20.8 Å². The van der Waals surface area contributed by atoms with Gasteiger partial charge in [-0.15, -0.1) is 0 Å². The lowest BCUT2D eigenvalue weighted by Gasteiger charge is -2.18. The van der Waals surface area contributed by atoms with Crippen LogP contribution in [0.3, 0.4) is 0 Å². The van der Waals surface area contributed by atoms with Crippen LogP contribution in [0.2, 0.25) is 0 Å². The van der Waals surface area contributed by atoms with Crippen molar-refractivity contribution in [1.82, 2.24) is 9.97 Å². The van der Waals surface area contributed by atoms with Crippen molar-refractivity contribution in [2.45, 2.75) is 45.2 Å². The van der Waals surface area contributed by atoms with Crippen LogP contribution >= 0.6 is 0 Å². The molecule has 0 unspecified atom stereocenters. The number of alkyl halides is 3. The van der Waals surface area contributed by atoms with Crippen molar-refractivity contribution < 1.29 is 13.2 Å². The number of hydrogen-bond acceptors (Lipinski definition) is 2. The van der Waals surface area contributed by atoms with Gasteiger partial charge in [0.15, 0.2) is 0 Å². The molecule has 0 amide bonds. The summed E-state index contributed by atoms with van der Waals surface area (Å²) < 4.78 is 36.2. The summed E-state index contributed by atoms with van der Waals surface area (Å²) in [6, 6.07) is 1.32. The molecule has 17 heavy (non-hydrogen) atoms. The van der Waals surface area contributed by atoms with Gasteiger partial charge in [0.05, 0.1) is 12.1 Å². The molecule has 0 aliphatic carbocycles. The fraction of sp³-hybridized carbons (Fsp3) is 0.636. The van der Waals surface area contributed by atoms with Gasteiger partial charge in [0, 0.05) is 17.9 Å². The highest BCUT2D eigenvalue weighted by atomic mass is 19.4. The van der Waals surface area contributed by atoms with E-state index in [0.717, 1.165) is 0 Å². The summed E-state index contributed by atoms with van der Waals surface area (Å²) in [5.41, 5.74) is -0.276. The van der Waals surface area contributed by atoms with Crippen molar-refractivity contribution in [2.24, 2.45) is 0 Å². The molecule has 0 saturated carbocycles. The molecular weight excluding hydrogens is 233 g/mol. The Kier molecular flexibility index (Phi) is 3.64. The smallest absolute Gasteiger partial charge is 0.311 e. The third-order valence-corrected chi connectivity index (χ3v) is 2.20. The Balaban J connectivity index is 2.95. The quantitative estimate of drug-likeness (QED) is 0.874. The maximum Gasteiger partial charge on any atom is 0.389 e. The molecule has 0 aromatic carbocycles. The van der Waals surface area contributed by atoms with E-state index in [1.54, 1.807) is 0 Å². The van der Waals surface area contributed by atoms with Crippen LogP contribution in [0.1, 0.15) is 38.7 Å².